The topological polar surface area (TPSA) is 12.0 Å². The van der Waals surface area contributed by atoms with Crippen LogP contribution in [0.15, 0.2) is 0 Å². The number of hydrogen-bond acceptors (Lipinski definition) is 1. The second-order valence-electron chi connectivity index (χ2n) is 5.23. The highest BCUT2D eigenvalue weighted by Gasteiger charge is 2.27. The van der Waals surface area contributed by atoms with Gasteiger partial charge < -0.3 is 5.32 Å². The van der Waals surface area contributed by atoms with Gasteiger partial charge in [-0.1, -0.05) is 34.1 Å². The van der Waals surface area contributed by atoms with E-state index in [0.29, 0.717) is 0 Å². The molecule has 1 aliphatic rings. The van der Waals surface area contributed by atoms with E-state index in [-0.39, 0.29) is 0 Å². The van der Waals surface area contributed by atoms with Crippen molar-refractivity contribution in [3.05, 3.63) is 0 Å². The zero-order valence-corrected chi connectivity index (χ0v) is 10.3. The predicted molar refractivity (Wildman–Crippen MR) is 63.4 cm³/mol. The van der Waals surface area contributed by atoms with Gasteiger partial charge in [0.1, 0.15) is 0 Å². The van der Waals surface area contributed by atoms with Crippen LogP contribution in [0.1, 0.15) is 47.0 Å². The van der Waals surface area contributed by atoms with E-state index in [1.54, 1.807) is 0 Å². The summed E-state index contributed by atoms with van der Waals surface area (Å²) in [6.07, 6.45) is 4.10. The summed E-state index contributed by atoms with van der Waals surface area (Å²) in [4.78, 5) is 0. The van der Waals surface area contributed by atoms with Gasteiger partial charge >= 0.3 is 0 Å². The van der Waals surface area contributed by atoms with Crippen LogP contribution in [0.4, 0.5) is 0 Å². The van der Waals surface area contributed by atoms with Crippen LogP contribution in [0.2, 0.25) is 0 Å². The Balaban J connectivity index is 2.53. The molecule has 0 aromatic rings. The van der Waals surface area contributed by atoms with Crippen molar-refractivity contribution in [2.75, 3.05) is 13.1 Å². The zero-order chi connectivity index (χ0) is 10.6. The quantitative estimate of drug-likeness (QED) is 0.732. The largest absolute Gasteiger partial charge is 0.316 e. The Kier molecular flexibility index (Phi) is 4.94. The molecule has 1 rings (SSSR count). The lowest BCUT2D eigenvalue weighted by molar-refractivity contribution is 0.191. The number of nitrogens with one attached hydrogen (secondary N) is 1. The highest BCUT2D eigenvalue weighted by Crippen LogP contribution is 2.31. The van der Waals surface area contributed by atoms with Crippen molar-refractivity contribution in [3.63, 3.8) is 0 Å². The minimum absolute atomic E-state index is 0.876. The molecule has 0 amide bonds. The Bertz CT molecular complexity index is 155. The van der Waals surface area contributed by atoms with Crippen LogP contribution in [-0.2, 0) is 0 Å². The second kappa shape index (κ2) is 5.75. The molecular formula is C13H27N. The monoisotopic (exact) mass is 197 g/mol. The summed E-state index contributed by atoms with van der Waals surface area (Å²) < 4.78 is 0. The van der Waals surface area contributed by atoms with Crippen molar-refractivity contribution < 1.29 is 0 Å². The molecule has 1 heterocycles. The van der Waals surface area contributed by atoms with Gasteiger partial charge in [0.15, 0.2) is 0 Å². The molecule has 0 aliphatic carbocycles. The van der Waals surface area contributed by atoms with Gasteiger partial charge in [-0.3, -0.25) is 0 Å². The number of hydrogen-bond donors (Lipinski definition) is 1. The molecule has 0 spiro atoms. The van der Waals surface area contributed by atoms with E-state index in [4.69, 9.17) is 0 Å². The maximum Gasteiger partial charge on any atom is -0.00153 e. The molecular weight excluding hydrogens is 170 g/mol. The van der Waals surface area contributed by atoms with E-state index in [1.807, 2.05) is 0 Å². The van der Waals surface area contributed by atoms with E-state index >= 15 is 0 Å². The molecule has 1 N–H and O–H groups in total. The Hall–Kier alpha value is -0.0400. The highest BCUT2D eigenvalue weighted by molar-refractivity contribution is 4.79. The van der Waals surface area contributed by atoms with Crippen LogP contribution in [0, 0.1) is 23.7 Å². The normalized spacial score (nSPS) is 33.4. The third kappa shape index (κ3) is 2.98. The Labute approximate surface area is 89.7 Å². The average molecular weight is 197 g/mol. The summed E-state index contributed by atoms with van der Waals surface area (Å²) in [6.45, 7) is 12.1. The van der Waals surface area contributed by atoms with Crippen LogP contribution in [0.3, 0.4) is 0 Å². The van der Waals surface area contributed by atoms with Crippen molar-refractivity contribution >= 4 is 0 Å². The smallest absolute Gasteiger partial charge is 0.00153 e. The molecule has 1 fully saturated rings. The SMILES string of the molecule is CCC(C)C(C)C1CNCCCC1C. The lowest BCUT2D eigenvalue weighted by Crippen LogP contribution is -2.31. The van der Waals surface area contributed by atoms with Crippen molar-refractivity contribution in [2.45, 2.75) is 47.0 Å². The molecule has 1 saturated heterocycles. The Morgan fingerprint density at radius 2 is 2.07 bits per heavy atom. The van der Waals surface area contributed by atoms with Gasteiger partial charge in [-0.15, -0.1) is 0 Å². The molecule has 14 heavy (non-hydrogen) atoms. The van der Waals surface area contributed by atoms with Crippen LogP contribution >= 0.6 is 0 Å². The molecule has 0 saturated carbocycles. The number of rotatable bonds is 3. The minimum Gasteiger partial charge on any atom is -0.316 e. The molecule has 1 aliphatic heterocycles. The Morgan fingerprint density at radius 3 is 2.71 bits per heavy atom. The lowest BCUT2D eigenvalue weighted by Gasteiger charge is -2.31. The van der Waals surface area contributed by atoms with Crippen LogP contribution < -0.4 is 5.32 Å². The van der Waals surface area contributed by atoms with Crippen molar-refractivity contribution in [2.24, 2.45) is 23.7 Å². The summed E-state index contributed by atoms with van der Waals surface area (Å²) in [5, 5.41) is 3.59. The van der Waals surface area contributed by atoms with E-state index in [0.717, 1.165) is 23.7 Å². The summed E-state index contributed by atoms with van der Waals surface area (Å²) in [7, 11) is 0. The third-order valence-electron chi connectivity index (χ3n) is 4.34. The molecule has 0 radical (unpaired) electrons. The fourth-order valence-electron chi connectivity index (χ4n) is 2.73. The second-order valence-corrected chi connectivity index (χ2v) is 5.23. The standard InChI is InChI=1S/C13H27N/c1-5-10(2)12(4)13-9-14-8-6-7-11(13)3/h10-14H,5-9H2,1-4H3. The first-order valence-electron chi connectivity index (χ1n) is 6.37. The minimum atomic E-state index is 0.876. The van der Waals surface area contributed by atoms with Gasteiger partial charge in [0, 0.05) is 0 Å². The first-order chi connectivity index (χ1) is 6.66. The van der Waals surface area contributed by atoms with E-state index in [9.17, 15) is 0 Å². The van der Waals surface area contributed by atoms with Crippen molar-refractivity contribution in [1.29, 1.82) is 0 Å². The molecule has 4 atom stereocenters. The van der Waals surface area contributed by atoms with Crippen LogP contribution in [-0.4, -0.2) is 13.1 Å². The van der Waals surface area contributed by atoms with Gasteiger partial charge in [0.2, 0.25) is 0 Å². The first kappa shape index (κ1) is 12.0. The maximum absolute atomic E-state index is 3.59. The van der Waals surface area contributed by atoms with E-state index < -0.39 is 0 Å². The van der Waals surface area contributed by atoms with Gasteiger partial charge in [0.05, 0.1) is 0 Å². The van der Waals surface area contributed by atoms with Crippen molar-refractivity contribution in [3.8, 4) is 0 Å². The molecule has 1 heteroatoms. The van der Waals surface area contributed by atoms with Gasteiger partial charge in [-0.05, 0) is 49.6 Å². The maximum atomic E-state index is 3.59. The summed E-state index contributed by atoms with van der Waals surface area (Å²) in [5.41, 5.74) is 0. The van der Waals surface area contributed by atoms with Crippen molar-refractivity contribution in [1.82, 2.24) is 5.32 Å². The molecule has 84 valence electrons. The van der Waals surface area contributed by atoms with Crippen LogP contribution in [0.25, 0.3) is 0 Å². The van der Waals surface area contributed by atoms with Gasteiger partial charge in [0.25, 0.3) is 0 Å². The molecule has 0 aromatic carbocycles. The first-order valence-corrected chi connectivity index (χ1v) is 6.37. The fraction of sp³-hybridized carbons (Fsp3) is 1.00. The predicted octanol–water partition coefficient (Wildman–Crippen LogP) is 3.30. The zero-order valence-electron chi connectivity index (χ0n) is 10.3. The Morgan fingerprint density at radius 1 is 1.36 bits per heavy atom. The fourth-order valence-corrected chi connectivity index (χ4v) is 2.73. The molecule has 0 bridgehead atoms. The lowest BCUT2D eigenvalue weighted by atomic mass is 9.75. The van der Waals surface area contributed by atoms with Gasteiger partial charge in [-0.2, -0.15) is 0 Å². The third-order valence-corrected chi connectivity index (χ3v) is 4.34. The van der Waals surface area contributed by atoms with E-state index in [1.165, 1.54) is 32.4 Å². The summed E-state index contributed by atoms with van der Waals surface area (Å²) in [5.74, 6) is 3.56. The average Bonchev–Trinajstić information content (AvgIpc) is 2.40. The molecule has 4 unspecified atom stereocenters. The van der Waals surface area contributed by atoms with Crippen LogP contribution in [0.5, 0.6) is 0 Å². The summed E-state index contributed by atoms with van der Waals surface area (Å²) in [6, 6.07) is 0. The highest BCUT2D eigenvalue weighted by atomic mass is 14.9. The van der Waals surface area contributed by atoms with Gasteiger partial charge in [-0.25, -0.2) is 0 Å². The summed E-state index contributed by atoms with van der Waals surface area (Å²) >= 11 is 0. The van der Waals surface area contributed by atoms with E-state index in [2.05, 4.69) is 33.0 Å². The molecule has 1 nitrogen and oxygen atoms in total. The molecule has 0 aromatic heterocycles.